The molecule has 1 atom stereocenters. The van der Waals surface area contributed by atoms with Crippen LogP contribution in [-0.2, 0) is 4.79 Å². The maximum absolute atomic E-state index is 12.3. The number of imidazole rings is 1. The first-order valence-electron chi connectivity index (χ1n) is 6.52. The summed E-state index contributed by atoms with van der Waals surface area (Å²) < 4.78 is 7.58. The Morgan fingerprint density at radius 1 is 1.55 bits per heavy atom. The van der Waals surface area contributed by atoms with Gasteiger partial charge < -0.3 is 19.2 Å². The van der Waals surface area contributed by atoms with Crippen molar-refractivity contribution in [1.82, 2.24) is 14.5 Å². The lowest BCUT2D eigenvalue weighted by atomic mass is 10.2. The predicted molar refractivity (Wildman–Crippen MR) is 81.7 cm³/mol. The van der Waals surface area contributed by atoms with Crippen LogP contribution in [-0.4, -0.2) is 41.1 Å². The van der Waals surface area contributed by atoms with E-state index < -0.39 is 0 Å². The highest BCUT2D eigenvalue weighted by molar-refractivity contribution is 7.71. The fourth-order valence-electron chi connectivity index (χ4n) is 2.21. The van der Waals surface area contributed by atoms with E-state index in [0.717, 1.165) is 16.8 Å². The minimum absolute atomic E-state index is 0.0420. The summed E-state index contributed by atoms with van der Waals surface area (Å²) in [5, 5.41) is 0. The van der Waals surface area contributed by atoms with Gasteiger partial charge in [-0.05, 0) is 38.2 Å². The van der Waals surface area contributed by atoms with E-state index in [4.69, 9.17) is 17.0 Å². The number of hydrogen-bond donors (Lipinski definition) is 1. The van der Waals surface area contributed by atoms with Gasteiger partial charge in [0.15, 0.2) is 4.77 Å². The molecule has 1 aromatic carbocycles. The normalized spacial score (nSPS) is 12.4. The Hall–Kier alpha value is -1.82. The van der Waals surface area contributed by atoms with E-state index in [1.807, 2.05) is 36.6 Å². The zero-order chi connectivity index (χ0) is 14.9. The summed E-state index contributed by atoms with van der Waals surface area (Å²) in [6, 6.07) is 5.32. The minimum Gasteiger partial charge on any atom is -0.497 e. The third-order valence-electron chi connectivity index (χ3n) is 3.52. The van der Waals surface area contributed by atoms with Crippen LogP contribution in [0.2, 0.25) is 0 Å². The number of H-pyrrole nitrogens is 1. The number of likely N-dealkylation sites (N-methyl/N-ethyl adjacent to an activating group) is 1. The van der Waals surface area contributed by atoms with Crippen LogP contribution in [0.4, 0.5) is 0 Å². The summed E-state index contributed by atoms with van der Waals surface area (Å²) in [6.07, 6.45) is 0. The summed E-state index contributed by atoms with van der Waals surface area (Å²) in [6.45, 7) is 4.48. The first-order valence-corrected chi connectivity index (χ1v) is 6.93. The molecule has 108 valence electrons. The topological polar surface area (TPSA) is 50.3 Å². The highest BCUT2D eigenvalue weighted by Crippen LogP contribution is 2.24. The lowest BCUT2D eigenvalue weighted by Gasteiger charge is -2.21. The fourth-order valence-corrected chi connectivity index (χ4v) is 2.57. The quantitative estimate of drug-likeness (QED) is 0.882. The second-order valence-electron chi connectivity index (χ2n) is 4.71. The van der Waals surface area contributed by atoms with Crippen molar-refractivity contribution in [3.8, 4) is 5.75 Å². The van der Waals surface area contributed by atoms with E-state index >= 15 is 0 Å². The molecule has 0 radical (unpaired) electrons. The van der Waals surface area contributed by atoms with Crippen LogP contribution in [0.1, 0.15) is 19.9 Å². The van der Waals surface area contributed by atoms with Gasteiger partial charge in [0.25, 0.3) is 0 Å². The second kappa shape index (κ2) is 5.66. The number of benzene rings is 1. The molecule has 1 unspecified atom stereocenters. The molecular weight excluding hydrogens is 274 g/mol. The molecule has 2 aromatic rings. The molecule has 5 nitrogen and oxygen atoms in total. The van der Waals surface area contributed by atoms with Gasteiger partial charge in [-0.15, -0.1) is 0 Å². The largest absolute Gasteiger partial charge is 0.497 e. The van der Waals surface area contributed by atoms with Crippen molar-refractivity contribution in [2.24, 2.45) is 0 Å². The van der Waals surface area contributed by atoms with E-state index in [1.54, 1.807) is 19.1 Å². The smallest absolute Gasteiger partial charge is 0.245 e. The third kappa shape index (κ3) is 2.43. The average molecular weight is 293 g/mol. The monoisotopic (exact) mass is 293 g/mol. The van der Waals surface area contributed by atoms with Crippen LogP contribution in [0.5, 0.6) is 5.75 Å². The Balaban J connectivity index is 2.51. The van der Waals surface area contributed by atoms with Crippen molar-refractivity contribution in [3.63, 3.8) is 0 Å². The molecule has 0 aliphatic carbocycles. The van der Waals surface area contributed by atoms with Crippen LogP contribution < -0.4 is 4.74 Å². The van der Waals surface area contributed by atoms with Crippen molar-refractivity contribution in [1.29, 1.82) is 0 Å². The molecular formula is C14H19N3O2S. The van der Waals surface area contributed by atoms with Crippen LogP contribution in [0.3, 0.4) is 0 Å². The number of ether oxygens (including phenoxy) is 1. The van der Waals surface area contributed by atoms with Crippen LogP contribution in [0, 0.1) is 4.77 Å². The molecule has 0 aliphatic heterocycles. The third-order valence-corrected chi connectivity index (χ3v) is 3.82. The molecule has 0 spiro atoms. The Kier molecular flexibility index (Phi) is 4.13. The Morgan fingerprint density at radius 3 is 2.85 bits per heavy atom. The highest BCUT2D eigenvalue weighted by atomic mass is 32.1. The first kappa shape index (κ1) is 14.6. The average Bonchev–Trinajstić information content (AvgIpc) is 2.79. The van der Waals surface area contributed by atoms with Crippen molar-refractivity contribution < 1.29 is 9.53 Å². The number of carbonyl (C=O) groups is 1. The zero-order valence-corrected chi connectivity index (χ0v) is 13.0. The molecule has 0 saturated heterocycles. The highest BCUT2D eigenvalue weighted by Gasteiger charge is 2.21. The number of nitrogens with zero attached hydrogens (tertiary/aromatic N) is 2. The van der Waals surface area contributed by atoms with Gasteiger partial charge in [-0.3, -0.25) is 4.79 Å². The van der Waals surface area contributed by atoms with Gasteiger partial charge in [0.2, 0.25) is 5.91 Å². The predicted octanol–water partition coefficient (Wildman–Crippen LogP) is 2.75. The van der Waals surface area contributed by atoms with Gasteiger partial charge >= 0.3 is 0 Å². The summed E-state index contributed by atoms with van der Waals surface area (Å²) in [5.41, 5.74) is 1.77. The number of hydrogen-bond acceptors (Lipinski definition) is 3. The van der Waals surface area contributed by atoms with E-state index in [2.05, 4.69) is 4.98 Å². The van der Waals surface area contributed by atoms with E-state index in [1.165, 1.54) is 0 Å². The summed E-state index contributed by atoms with van der Waals surface area (Å²) in [4.78, 5) is 17.1. The first-order chi connectivity index (χ1) is 9.49. The molecule has 0 saturated carbocycles. The summed E-state index contributed by atoms with van der Waals surface area (Å²) >= 11 is 5.35. The Labute approximate surface area is 123 Å². The van der Waals surface area contributed by atoms with Crippen molar-refractivity contribution in [2.75, 3.05) is 20.7 Å². The van der Waals surface area contributed by atoms with Gasteiger partial charge in [0.1, 0.15) is 11.8 Å². The molecule has 1 heterocycles. The van der Waals surface area contributed by atoms with Gasteiger partial charge in [-0.25, -0.2) is 0 Å². The van der Waals surface area contributed by atoms with Crippen molar-refractivity contribution >= 4 is 29.2 Å². The Bertz CT molecular complexity index is 689. The van der Waals surface area contributed by atoms with E-state index in [-0.39, 0.29) is 11.9 Å². The number of nitrogens with one attached hydrogen (secondary N) is 1. The number of carbonyl (C=O) groups excluding carboxylic acids is 1. The van der Waals surface area contributed by atoms with Gasteiger partial charge in [0.05, 0.1) is 18.1 Å². The fraction of sp³-hybridized carbons (Fsp3) is 0.429. The standard InChI is InChI=1S/C14H19N3O2S/c1-5-16(3)13(18)9(2)17-12-7-6-10(19-4)8-11(12)15-14(17)20/h6-9H,5H2,1-4H3,(H,15,20). The zero-order valence-electron chi connectivity index (χ0n) is 12.1. The molecule has 2 rings (SSSR count). The molecule has 1 amide bonds. The molecule has 6 heteroatoms. The van der Waals surface area contributed by atoms with Crippen molar-refractivity contribution in [3.05, 3.63) is 23.0 Å². The van der Waals surface area contributed by atoms with Gasteiger partial charge in [-0.2, -0.15) is 0 Å². The molecule has 1 N–H and O–H groups in total. The number of aromatic nitrogens is 2. The van der Waals surface area contributed by atoms with Gasteiger partial charge in [0, 0.05) is 19.7 Å². The van der Waals surface area contributed by atoms with E-state index in [0.29, 0.717) is 11.3 Å². The lowest BCUT2D eigenvalue weighted by Crippen LogP contribution is -2.32. The molecule has 0 aliphatic rings. The number of methoxy groups -OCH3 is 1. The number of fused-ring (bicyclic) bond motifs is 1. The lowest BCUT2D eigenvalue weighted by molar-refractivity contribution is -0.132. The molecule has 0 bridgehead atoms. The second-order valence-corrected chi connectivity index (χ2v) is 5.10. The number of amides is 1. The number of rotatable bonds is 4. The summed E-state index contributed by atoms with van der Waals surface area (Å²) in [5.74, 6) is 0.797. The van der Waals surface area contributed by atoms with Crippen LogP contribution in [0.15, 0.2) is 18.2 Å². The van der Waals surface area contributed by atoms with Crippen molar-refractivity contribution in [2.45, 2.75) is 19.9 Å². The maximum atomic E-state index is 12.3. The van der Waals surface area contributed by atoms with Crippen LogP contribution in [0.25, 0.3) is 11.0 Å². The molecule has 1 aromatic heterocycles. The molecule has 0 fully saturated rings. The van der Waals surface area contributed by atoms with E-state index in [9.17, 15) is 4.79 Å². The Morgan fingerprint density at radius 2 is 2.25 bits per heavy atom. The maximum Gasteiger partial charge on any atom is 0.245 e. The number of aromatic amines is 1. The summed E-state index contributed by atoms with van der Waals surface area (Å²) in [7, 11) is 3.41. The van der Waals surface area contributed by atoms with Gasteiger partial charge in [-0.1, -0.05) is 0 Å². The molecule has 20 heavy (non-hydrogen) atoms. The van der Waals surface area contributed by atoms with Crippen LogP contribution >= 0.6 is 12.2 Å². The SMILES string of the molecule is CCN(C)C(=O)C(C)n1c(=S)[nH]c2cc(OC)ccc21. The minimum atomic E-state index is -0.338.